The van der Waals surface area contributed by atoms with E-state index in [0.29, 0.717) is 22.8 Å². The fraction of sp³-hybridized carbons (Fsp3) is 0.211. The molecular formula is C19H17O5-. The van der Waals surface area contributed by atoms with E-state index in [-0.39, 0.29) is 5.56 Å². The molecule has 0 aliphatic heterocycles. The van der Waals surface area contributed by atoms with Crippen LogP contribution in [-0.4, -0.2) is 13.1 Å². The van der Waals surface area contributed by atoms with Gasteiger partial charge in [-0.3, -0.25) is 0 Å². The van der Waals surface area contributed by atoms with E-state index in [9.17, 15) is 9.90 Å². The Labute approximate surface area is 139 Å². The van der Waals surface area contributed by atoms with Crippen LogP contribution >= 0.6 is 0 Å². The summed E-state index contributed by atoms with van der Waals surface area (Å²) in [6.45, 7) is 3.67. The van der Waals surface area contributed by atoms with Crippen LogP contribution in [0.15, 0.2) is 51.3 Å². The average molecular weight is 325 g/mol. The molecule has 0 atom stereocenters. The van der Waals surface area contributed by atoms with Gasteiger partial charge in [-0.2, -0.15) is 0 Å². The lowest BCUT2D eigenvalue weighted by molar-refractivity contribution is -0.255. The summed E-state index contributed by atoms with van der Waals surface area (Å²) in [6.07, 6.45) is 0. The molecule has 3 rings (SSSR count). The van der Waals surface area contributed by atoms with Gasteiger partial charge >= 0.3 is 0 Å². The zero-order valence-corrected chi connectivity index (χ0v) is 13.7. The van der Waals surface area contributed by atoms with Crippen LogP contribution in [0.25, 0.3) is 0 Å². The van der Waals surface area contributed by atoms with Gasteiger partial charge in [0.05, 0.1) is 13.1 Å². The third kappa shape index (κ3) is 2.93. The third-order valence-corrected chi connectivity index (χ3v) is 3.88. The maximum atomic E-state index is 11.6. The van der Waals surface area contributed by atoms with Crippen LogP contribution in [0.3, 0.4) is 0 Å². The first kappa shape index (κ1) is 15.9. The van der Waals surface area contributed by atoms with Crippen LogP contribution in [0, 0.1) is 13.8 Å². The number of carboxylic acids is 1. The van der Waals surface area contributed by atoms with Crippen molar-refractivity contribution in [1.29, 1.82) is 0 Å². The number of furan rings is 2. The molecule has 0 bridgehead atoms. The van der Waals surface area contributed by atoms with Crippen molar-refractivity contribution in [2.75, 3.05) is 7.11 Å². The van der Waals surface area contributed by atoms with Crippen molar-refractivity contribution in [3.63, 3.8) is 0 Å². The fourth-order valence-electron chi connectivity index (χ4n) is 2.75. The van der Waals surface area contributed by atoms with E-state index in [1.54, 1.807) is 12.1 Å². The second kappa shape index (κ2) is 6.28. The molecule has 5 nitrogen and oxygen atoms in total. The lowest BCUT2D eigenvalue weighted by Gasteiger charge is -2.18. The predicted molar refractivity (Wildman–Crippen MR) is 85.2 cm³/mol. The molecule has 0 saturated heterocycles. The van der Waals surface area contributed by atoms with E-state index >= 15 is 0 Å². The first-order chi connectivity index (χ1) is 11.5. The average Bonchev–Trinajstić information content (AvgIpc) is 3.17. The van der Waals surface area contributed by atoms with Gasteiger partial charge in [-0.1, -0.05) is 6.07 Å². The van der Waals surface area contributed by atoms with Crippen molar-refractivity contribution in [1.82, 2.24) is 0 Å². The number of hydrogen-bond donors (Lipinski definition) is 0. The van der Waals surface area contributed by atoms with Crippen LogP contribution in [0.2, 0.25) is 0 Å². The molecule has 0 aliphatic carbocycles. The van der Waals surface area contributed by atoms with Crippen molar-refractivity contribution in [3.8, 4) is 5.75 Å². The SMILES string of the molecule is COc1ccc(C(c2ccc(C)o2)c2ccc(C)o2)c(C(=O)[O-])c1. The minimum atomic E-state index is -1.28. The van der Waals surface area contributed by atoms with Gasteiger partial charge in [0.2, 0.25) is 0 Å². The van der Waals surface area contributed by atoms with E-state index in [0.717, 1.165) is 11.5 Å². The Morgan fingerprint density at radius 2 is 1.58 bits per heavy atom. The lowest BCUT2D eigenvalue weighted by atomic mass is 9.90. The Kier molecular flexibility index (Phi) is 4.16. The minimum absolute atomic E-state index is 0.0439. The molecule has 0 radical (unpaired) electrons. The zero-order chi connectivity index (χ0) is 17.3. The number of carbonyl (C=O) groups excluding carboxylic acids is 1. The number of benzene rings is 1. The highest BCUT2D eigenvalue weighted by molar-refractivity contribution is 5.89. The van der Waals surface area contributed by atoms with Crippen LogP contribution in [0.1, 0.15) is 44.9 Å². The fourth-order valence-corrected chi connectivity index (χ4v) is 2.75. The zero-order valence-electron chi connectivity index (χ0n) is 13.7. The molecule has 0 aliphatic rings. The highest BCUT2D eigenvalue weighted by Crippen LogP contribution is 2.36. The number of rotatable bonds is 5. The van der Waals surface area contributed by atoms with E-state index in [1.165, 1.54) is 13.2 Å². The molecule has 0 N–H and O–H groups in total. The molecule has 2 aromatic heterocycles. The molecule has 0 unspecified atom stereocenters. The quantitative estimate of drug-likeness (QED) is 0.720. The van der Waals surface area contributed by atoms with E-state index in [4.69, 9.17) is 13.6 Å². The van der Waals surface area contributed by atoms with Crippen molar-refractivity contribution in [3.05, 3.63) is 76.6 Å². The van der Waals surface area contributed by atoms with Crippen LogP contribution < -0.4 is 9.84 Å². The Morgan fingerprint density at radius 1 is 1.00 bits per heavy atom. The maximum Gasteiger partial charge on any atom is 0.119 e. The molecule has 1 aromatic carbocycles. The molecule has 124 valence electrons. The van der Waals surface area contributed by atoms with Gasteiger partial charge in [-0.25, -0.2) is 0 Å². The number of ether oxygens (including phenoxy) is 1. The highest BCUT2D eigenvalue weighted by atomic mass is 16.5. The van der Waals surface area contributed by atoms with Gasteiger partial charge in [0, 0.05) is 5.56 Å². The van der Waals surface area contributed by atoms with Gasteiger partial charge in [-0.05, 0) is 55.8 Å². The third-order valence-electron chi connectivity index (χ3n) is 3.88. The van der Waals surface area contributed by atoms with Crippen molar-refractivity contribution < 1.29 is 23.5 Å². The molecule has 0 fully saturated rings. The topological polar surface area (TPSA) is 75.6 Å². The summed E-state index contributed by atoms with van der Waals surface area (Å²) in [5.41, 5.74) is 0.571. The summed E-state index contributed by atoms with van der Waals surface area (Å²) in [4.78, 5) is 11.6. The lowest BCUT2D eigenvalue weighted by Crippen LogP contribution is -2.25. The van der Waals surface area contributed by atoms with Gasteiger partial charge in [0.1, 0.15) is 34.7 Å². The van der Waals surface area contributed by atoms with Crippen LogP contribution in [0.5, 0.6) is 5.75 Å². The van der Waals surface area contributed by atoms with Gasteiger partial charge in [-0.15, -0.1) is 0 Å². The monoisotopic (exact) mass is 325 g/mol. The molecule has 3 aromatic rings. The summed E-state index contributed by atoms with van der Waals surface area (Å²) in [5.74, 6) is 1.38. The summed E-state index contributed by atoms with van der Waals surface area (Å²) < 4.78 is 16.6. The number of carbonyl (C=O) groups is 1. The number of carboxylic acid groups (broad SMARTS) is 1. The van der Waals surface area contributed by atoms with Crippen molar-refractivity contribution >= 4 is 5.97 Å². The van der Waals surface area contributed by atoms with E-state index < -0.39 is 11.9 Å². The van der Waals surface area contributed by atoms with Crippen LogP contribution in [-0.2, 0) is 0 Å². The first-order valence-corrected chi connectivity index (χ1v) is 7.51. The second-order valence-corrected chi connectivity index (χ2v) is 5.57. The Balaban J connectivity index is 2.21. The Bertz CT molecular complexity index is 831. The molecule has 2 heterocycles. The number of aryl methyl sites for hydroxylation is 2. The summed E-state index contributed by atoms with van der Waals surface area (Å²) in [7, 11) is 1.48. The van der Waals surface area contributed by atoms with Crippen LogP contribution in [0.4, 0.5) is 0 Å². The van der Waals surface area contributed by atoms with Crippen molar-refractivity contribution in [2.45, 2.75) is 19.8 Å². The Hall–Kier alpha value is -2.95. The molecule has 5 heteroatoms. The molecule has 24 heavy (non-hydrogen) atoms. The first-order valence-electron chi connectivity index (χ1n) is 7.51. The standard InChI is InChI=1S/C19H18O5/c1-11-4-8-16(23-11)18(17-9-5-12(2)24-17)14-7-6-13(22-3)10-15(14)19(20)21/h4-10,18H,1-3H3,(H,20,21)/p-1. The molecule has 0 spiro atoms. The summed E-state index contributed by atoms with van der Waals surface area (Å²) in [5, 5.41) is 11.6. The maximum absolute atomic E-state index is 11.6. The van der Waals surface area contributed by atoms with Gasteiger partial charge in [0.25, 0.3) is 0 Å². The largest absolute Gasteiger partial charge is 0.545 e. The molecule has 0 amide bonds. The number of aromatic carboxylic acids is 1. The van der Waals surface area contributed by atoms with Crippen molar-refractivity contribution in [2.24, 2.45) is 0 Å². The smallest absolute Gasteiger partial charge is 0.119 e. The molecule has 0 saturated carbocycles. The normalized spacial score (nSPS) is 11.0. The Morgan fingerprint density at radius 3 is 2.00 bits per heavy atom. The molecular weight excluding hydrogens is 308 g/mol. The summed E-state index contributed by atoms with van der Waals surface area (Å²) >= 11 is 0. The number of hydrogen-bond acceptors (Lipinski definition) is 5. The summed E-state index contributed by atoms with van der Waals surface area (Å²) in [6, 6.07) is 12.2. The van der Waals surface area contributed by atoms with Gasteiger partial charge in [0.15, 0.2) is 0 Å². The van der Waals surface area contributed by atoms with E-state index in [1.807, 2.05) is 38.1 Å². The minimum Gasteiger partial charge on any atom is -0.545 e. The highest BCUT2D eigenvalue weighted by Gasteiger charge is 2.26. The van der Waals surface area contributed by atoms with E-state index in [2.05, 4.69) is 0 Å². The predicted octanol–water partition coefficient (Wildman–Crippen LogP) is 3.04. The number of methoxy groups -OCH3 is 1. The second-order valence-electron chi connectivity index (χ2n) is 5.57. The van der Waals surface area contributed by atoms with Gasteiger partial charge < -0.3 is 23.5 Å².